The van der Waals surface area contributed by atoms with Gasteiger partial charge < -0.3 is 4.74 Å². The minimum atomic E-state index is -0.220. The summed E-state index contributed by atoms with van der Waals surface area (Å²) in [6.45, 7) is 5.98. The van der Waals surface area contributed by atoms with Gasteiger partial charge in [-0.3, -0.25) is 9.59 Å². The van der Waals surface area contributed by atoms with Crippen LogP contribution in [0.5, 0.6) is 0 Å². The molecule has 0 bridgehead atoms. The third-order valence-electron chi connectivity index (χ3n) is 7.70. The molecule has 0 amide bonds. The molecule has 4 rings (SSSR count). The number of ketones is 1. The largest absolute Gasteiger partial charge is 0.431 e. The first-order chi connectivity index (χ1) is 11.4. The number of carbonyl (C=O) groups is 2. The van der Waals surface area contributed by atoms with Crippen LogP contribution in [0.3, 0.4) is 0 Å². The summed E-state index contributed by atoms with van der Waals surface area (Å²) in [5.74, 6) is 2.66. The smallest absolute Gasteiger partial charge is 0.307 e. The molecule has 3 heteroatoms. The van der Waals surface area contributed by atoms with Gasteiger partial charge in [0.05, 0.1) is 0 Å². The molecule has 0 aromatic heterocycles. The van der Waals surface area contributed by atoms with E-state index >= 15 is 0 Å². The fourth-order valence-electron chi connectivity index (χ4n) is 6.41. The van der Waals surface area contributed by atoms with E-state index in [-0.39, 0.29) is 16.8 Å². The van der Waals surface area contributed by atoms with Gasteiger partial charge in [0.15, 0.2) is 0 Å². The molecular formula is C21H28O3. The molecular weight excluding hydrogens is 300 g/mol. The van der Waals surface area contributed by atoms with Crippen LogP contribution in [0.15, 0.2) is 23.5 Å². The highest BCUT2D eigenvalue weighted by Gasteiger charge is 2.59. The average Bonchev–Trinajstić information content (AvgIpc) is 2.83. The van der Waals surface area contributed by atoms with Crippen LogP contribution in [0.25, 0.3) is 0 Å². The van der Waals surface area contributed by atoms with Crippen molar-refractivity contribution in [1.29, 1.82) is 0 Å². The second-order valence-corrected chi connectivity index (χ2v) is 8.66. The monoisotopic (exact) mass is 328 g/mol. The first kappa shape index (κ1) is 16.1. The lowest BCUT2D eigenvalue weighted by molar-refractivity contribution is -0.140. The molecule has 0 aromatic rings. The minimum absolute atomic E-state index is 0.108. The molecule has 4 aliphatic carbocycles. The van der Waals surface area contributed by atoms with Crippen LogP contribution in [0.2, 0.25) is 0 Å². The molecule has 130 valence electrons. The zero-order chi connectivity index (χ0) is 17.1. The normalized spacial score (nSPS) is 44.0. The number of Topliss-reactive ketones (excluding diaryl/α,β-unsaturated/α-hetero) is 1. The molecule has 2 saturated carbocycles. The lowest BCUT2D eigenvalue weighted by Crippen LogP contribution is -2.50. The molecule has 4 aliphatic rings. The Morgan fingerprint density at radius 3 is 2.71 bits per heavy atom. The van der Waals surface area contributed by atoms with E-state index in [0.29, 0.717) is 23.5 Å². The molecule has 0 saturated heterocycles. The minimum Gasteiger partial charge on any atom is -0.431 e. The Bertz CT molecular complexity index is 658. The molecule has 0 heterocycles. The number of fused-ring (bicyclic) bond motifs is 5. The topological polar surface area (TPSA) is 43.4 Å². The van der Waals surface area contributed by atoms with Crippen molar-refractivity contribution in [2.45, 2.75) is 65.7 Å². The van der Waals surface area contributed by atoms with Crippen molar-refractivity contribution in [2.24, 2.45) is 28.6 Å². The number of carbonyl (C=O) groups excluding carboxylic acids is 2. The molecule has 5 atom stereocenters. The highest BCUT2D eigenvalue weighted by Crippen LogP contribution is 2.64. The number of rotatable bonds is 1. The molecule has 0 aromatic carbocycles. The van der Waals surface area contributed by atoms with Gasteiger partial charge in [0.1, 0.15) is 11.5 Å². The first-order valence-electron chi connectivity index (χ1n) is 9.49. The van der Waals surface area contributed by atoms with Gasteiger partial charge >= 0.3 is 5.97 Å². The molecule has 0 spiro atoms. The van der Waals surface area contributed by atoms with Crippen LogP contribution in [0, 0.1) is 28.6 Å². The van der Waals surface area contributed by atoms with Gasteiger partial charge in [0, 0.05) is 24.2 Å². The highest BCUT2D eigenvalue weighted by molar-refractivity contribution is 5.87. The Morgan fingerprint density at radius 2 is 1.96 bits per heavy atom. The maximum absolute atomic E-state index is 12.5. The lowest BCUT2D eigenvalue weighted by Gasteiger charge is -2.55. The molecule has 0 unspecified atom stereocenters. The summed E-state index contributed by atoms with van der Waals surface area (Å²) in [5.41, 5.74) is 1.19. The molecule has 24 heavy (non-hydrogen) atoms. The second-order valence-electron chi connectivity index (χ2n) is 8.66. The van der Waals surface area contributed by atoms with Crippen molar-refractivity contribution in [3.8, 4) is 0 Å². The van der Waals surface area contributed by atoms with E-state index in [1.54, 1.807) is 0 Å². The van der Waals surface area contributed by atoms with Crippen molar-refractivity contribution in [3.63, 3.8) is 0 Å². The van der Waals surface area contributed by atoms with Crippen molar-refractivity contribution in [3.05, 3.63) is 23.5 Å². The highest BCUT2D eigenvalue weighted by atomic mass is 16.5. The summed E-state index contributed by atoms with van der Waals surface area (Å²) < 4.78 is 5.68. The summed E-state index contributed by atoms with van der Waals surface area (Å²) in [5, 5.41) is 0. The fourth-order valence-corrected chi connectivity index (χ4v) is 6.41. The van der Waals surface area contributed by atoms with Crippen molar-refractivity contribution in [1.82, 2.24) is 0 Å². The number of esters is 1. The van der Waals surface area contributed by atoms with E-state index in [9.17, 15) is 9.59 Å². The SMILES string of the molecule is CC(=O)OC1=CCCC2=CC[C@@H]3[C@H](CC[C@]4(C)C(=O)CC[C@@H]34)[C@]21C. The Morgan fingerprint density at radius 1 is 1.17 bits per heavy atom. The van der Waals surface area contributed by atoms with E-state index in [0.717, 1.165) is 50.7 Å². The summed E-state index contributed by atoms with van der Waals surface area (Å²) in [4.78, 5) is 24.1. The Hall–Kier alpha value is -1.38. The molecule has 0 N–H and O–H groups in total. The molecule has 0 aliphatic heterocycles. The predicted molar refractivity (Wildman–Crippen MR) is 91.9 cm³/mol. The molecule has 2 fully saturated rings. The summed E-state index contributed by atoms with van der Waals surface area (Å²) in [7, 11) is 0. The van der Waals surface area contributed by atoms with E-state index in [4.69, 9.17) is 4.74 Å². The number of hydrogen-bond acceptors (Lipinski definition) is 3. The lowest BCUT2D eigenvalue weighted by atomic mass is 9.49. The molecule has 3 nitrogen and oxygen atoms in total. The van der Waals surface area contributed by atoms with E-state index in [1.807, 2.05) is 0 Å². The van der Waals surface area contributed by atoms with Gasteiger partial charge in [0.25, 0.3) is 0 Å². The van der Waals surface area contributed by atoms with Gasteiger partial charge in [-0.2, -0.15) is 0 Å². The maximum atomic E-state index is 12.5. The van der Waals surface area contributed by atoms with Crippen LogP contribution in [0.1, 0.15) is 65.7 Å². The van der Waals surface area contributed by atoms with Crippen LogP contribution >= 0.6 is 0 Å². The zero-order valence-electron chi connectivity index (χ0n) is 15.1. The van der Waals surface area contributed by atoms with Gasteiger partial charge in [-0.15, -0.1) is 0 Å². The maximum Gasteiger partial charge on any atom is 0.307 e. The summed E-state index contributed by atoms with van der Waals surface area (Å²) in [6, 6.07) is 0. The summed E-state index contributed by atoms with van der Waals surface area (Å²) in [6.07, 6.45) is 11.5. The van der Waals surface area contributed by atoms with Crippen molar-refractivity contribution in [2.75, 3.05) is 0 Å². The number of hydrogen-bond donors (Lipinski definition) is 0. The quantitative estimate of drug-likeness (QED) is 0.523. The van der Waals surface area contributed by atoms with Crippen LogP contribution in [0.4, 0.5) is 0 Å². The fraction of sp³-hybridized carbons (Fsp3) is 0.714. The first-order valence-corrected chi connectivity index (χ1v) is 9.49. The van der Waals surface area contributed by atoms with Crippen LogP contribution in [-0.2, 0) is 14.3 Å². The Balaban J connectivity index is 1.74. The zero-order valence-corrected chi connectivity index (χ0v) is 15.1. The number of ether oxygens (including phenoxy) is 1. The standard InChI is InChI=1S/C21H28O3/c1-13(22)24-19-6-4-5-14-7-8-15-16-9-10-18(23)20(16,2)12-11-17(15)21(14,19)3/h6-7,15-17H,4-5,8-12H2,1-3H3/t15-,16-,17-,20-,21-/m0/s1. The molecule has 0 radical (unpaired) electrons. The Kier molecular flexibility index (Phi) is 3.56. The van der Waals surface area contributed by atoms with Crippen molar-refractivity contribution >= 4 is 11.8 Å². The van der Waals surface area contributed by atoms with E-state index in [2.05, 4.69) is 26.0 Å². The van der Waals surface area contributed by atoms with Crippen molar-refractivity contribution < 1.29 is 14.3 Å². The van der Waals surface area contributed by atoms with E-state index < -0.39 is 0 Å². The third-order valence-corrected chi connectivity index (χ3v) is 7.70. The van der Waals surface area contributed by atoms with Crippen LogP contribution in [-0.4, -0.2) is 11.8 Å². The van der Waals surface area contributed by atoms with Gasteiger partial charge in [-0.25, -0.2) is 0 Å². The van der Waals surface area contributed by atoms with E-state index in [1.165, 1.54) is 12.5 Å². The third kappa shape index (κ3) is 2.02. The Labute approximate surface area is 144 Å². The van der Waals surface area contributed by atoms with Gasteiger partial charge in [0.2, 0.25) is 0 Å². The summed E-state index contributed by atoms with van der Waals surface area (Å²) >= 11 is 0. The van der Waals surface area contributed by atoms with Gasteiger partial charge in [-0.05, 0) is 69.3 Å². The average molecular weight is 328 g/mol. The second kappa shape index (κ2) is 5.31. The number of allylic oxidation sites excluding steroid dienone is 3. The predicted octanol–water partition coefficient (Wildman–Crippen LogP) is 4.58. The van der Waals surface area contributed by atoms with Crippen LogP contribution < -0.4 is 0 Å². The van der Waals surface area contributed by atoms with Gasteiger partial charge in [-0.1, -0.05) is 18.6 Å².